The smallest absolute Gasteiger partial charge is 0.345 e. The summed E-state index contributed by atoms with van der Waals surface area (Å²) in [5.74, 6) is -1.54. The van der Waals surface area contributed by atoms with Crippen molar-refractivity contribution in [2.45, 2.75) is 13.8 Å². The predicted octanol–water partition coefficient (Wildman–Crippen LogP) is 5.92. The van der Waals surface area contributed by atoms with Crippen molar-refractivity contribution in [3.8, 4) is 11.5 Å². The van der Waals surface area contributed by atoms with Crippen molar-refractivity contribution in [1.82, 2.24) is 4.98 Å². The zero-order valence-corrected chi connectivity index (χ0v) is 18.2. The number of halogens is 2. The normalized spacial score (nSPS) is 11.0. The molecule has 8 heteroatoms. The van der Waals surface area contributed by atoms with Crippen LogP contribution in [0.2, 0.25) is 10.0 Å². The highest BCUT2D eigenvalue weighted by Crippen LogP contribution is 2.35. The quantitative estimate of drug-likeness (QED) is 0.261. The van der Waals surface area contributed by atoms with Gasteiger partial charge in [-0.1, -0.05) is 37.0 Å². The summed E-state index contributed by atoms with van der Waals surface area (Å²) >= 11 is 12.1. The predicted molar refractivity (Wildman–Crippen MR) is 120 cm³/mol. The van der Waals surface area contributed by atoms with Crippen molar-refractivity contribution < 1.29 is 19.1 Å². The Kier molecular flexibility index (Phi) is 7.39. The van der Waals surface area contributed by atoms with Crippen LogP contribution in [0.25, 0.3) is 0 Å². The largest absolute Gasteiger partial charge is 0.422 e. The summed E-state index contributed by atoms with van der Waals surface area (Å²) in [6.07, 6.45) is 4.38. The lowest BCUT2D eigenvalue weighted by molar-refractivity contribution is -0.137. The van der Waals surface area contributed by atoms with Crippen LogP contribution in [0.5, 0.6) is 11.5 Å². The minimum atomic E-state index is -0.669. The fraction of sp³-hybridized carbons (Fsp3) is 0.130. The van der Waals surface area contributed by atoms with Gasteiger partial charge in [-0.2, -0.15) is 0 Å². The molecule has 6 nitrogen and oxygen atoms in total. The molecule has 31 heavy (non-hydrogen) atoms. The average molecular weight is 457 g/mol. The number of carbonyl (C=O) groups is 2. The van der Waals surface area contributed by atoms with Crippen LogP contribution in [0, 0.1) is 5.92 Å². The first-order valence-electron chi connectivity index (χ1n) is 9.30. The van der Waals surface area contributed by atoms with Crippen molar-refractivity contribution in [2.75, 3.05) is 0 Å². The van der Waals surface area contributed by atoms with Crippen LogP contribution in [-0.2, 0) is 4.79 Å². The lowest BCUT2D eigenvalue weighted by Gasteiger charge is -2.14. The Bertz CT molecular complexity index is 1110. The number of hydrogen-bond donors (Lipinski definition) is 0. The molecule has 0 N–H and O–H groups in total. The third-order valence-corrected chi connectivity index (χ3v) is 4.47. The third-order valence-electron chi connectivity index (χ3n) is 4.00. The van der Waals surface area contributed by atoms with Crippen molar-refractivity contribution in [2.24, 2.45) is 10.9 Å². The molecule has 0 radical (unpaired) electrons. The van der Waals surface area contributed by atoms with Crippen molar-refractivity contribution in [3.05, 3.63) is 82.1 Å². The zero-order chi connectivity index (χ0) is 22.4. The Morgan fingerprint density at radius 2 is 1.77 bits per heavy atom. The molecule has 0 fully saturated rings. The molecule has 0 spiro atoms. The first-order valence-corrected chi connectivity index (χ1v) is 10.1. The Morgan fingerprint density at radius 1 is 1.03 bits per heavy atom. The van der Waals surface area contributed by atoms with E-state index in [4.69, 9.17) is 32.7 Å². The summed E-state index contributed by atoms with van der Waals surface area (Å²) in [5, 5.41) is 0.855. The number of pyridine rings is 1. The van der Waals surface area contributed by atoms with E-state index in [2.05, 4.69) is 9.98 Å². The van der Waals surface area contributed by atoms with Gasteiger partial charge < -0.3 is 9.47 Å². The summed E-state index contributed by atoms with van der Waals surface area (Å²) in [7, 11) is 0. The highest BCUT2D eigenvalue weighted by Gasteiger charge is 2.21. The maximum absolute atomic E-state index is 12.5. The topological polar surface area (TPSA) is 77.9 Å². The van der Waals surface area contributed by atoms with E-state index in [9.17, 15) is 9.59 Å². The van der Waals surface area contributed by atoms with Gasteiger partial charge in [0.15, 0.2) is 11.5 Å². The molecule has 0 aliphatic heterocycles. The van der Waals surface area contributed by atoms with Gasteiger partial charge in [0, 0.05) is 40.3 Å². The number of aromatic nitrogens is 1. The zero-order valence-electron chi connectivity index (χ0n) is 16.7. The van der Waals surface area contributed by atoms with Crippen LogP contribution < -0.4 is 9.47 Å². The molecule has 0 aliphatic carbocycles. The van der Waals surface area contributed by atoms with E-state index in [-0.39, 0.29) is 22.1 Å². The summed E-state index contributed by atoms with van der Waals surface area (Å²) < 4.78 is 11.0. The minimum Gasteiger partial charge on any atom is -0.422 e. The molecule has 1 heterocycles. The summed E-state index contributed by atoms with van der Waals surface area (Å²) in [6, 6.07) is 13.0. The van der Waals surface area contributed by atoms with Gasteiger partial charge in [-0.25, -0.2) is 4.79 Å². The van der Waals surface area contributed by atoms with Gasteiger partial charge in [0.05, 0.1) is 17.2 Å². The van der Waals surface area contributed by atoms with Crippen molar-refractivity contribution >= 4 is 47.0 Å². The Balaban J connectivity index is 2.01. The Labute approximate surface area is 189 Å². The molecule has 0 saturated heterocycles. The summed E-state index contributed by atoms with van der Waals surface area (Å²) in [6.45, 7) is 3.39. The number of carbonyl (C=O) groups excluding carboxylic acids is 2. The number of benzene rings is 2. The van der Waals surface area contributed by atoms with E-state index < -0.39 is 17.9 Å². The molecule has 158 valence electrons. The van der Waals surface area contributed by atoms with E-state index in [1.807, 2.05) is 0 Å². The van der Waals surface area contributed by atoms with E-state index in [0.29, 0.717) is 16.3 Å². The molecular formula is C23H18Cl2N2O4. The maximum atomic E-state index is 12.5. The number of rotatable bonds is 6. The minimum absolute atomic E-state index is 0.00657. The Hall–Kier alpha value is -3.22. The van der Waals surface area contributed by atoms with E-state index in [0.717, 1.165) is 0 Å². The summed E-state index contributed by atoms with van der Waals surface area (Å²) in [5.41, 5.74) is 1.23. The van der Waals surface area contributed by atoms with Crippen LogP contribution in [-0.4, -0.2) is 23.1 Å². The van der Waals surface area contributed by atoms with Crippen LogP contribution in [0.1, 0.15) is 29.8 Å². The van der Waals surface area contributed by atoms with E-state index in [1.165, 1.54) is 24.7 Å². The standard InChI is InChI=1S/C23H18Cl2N2O4/c1-14(2)22(28)31-21-16(13-27-19-7-5-17(24)6-8-19)10-18(25)11-20(21)30-23(29)15-4-3-9-26-12-15/h3-14H,1-2H3. The number of aliphatic imine (C=N–C) groups is 1. The molecule has 1 aromatic heterocycles. The number of hydrogen-bond acceptors (Lipinski definition) is 6. The van der Waals surface area contributed by atoms with Gasteiger partial charge in [0.25, 0.3) is 0 Å². The van der Waals surface area contributed by atoms with Gasteiger partial charge in [0.1, 0.15) is 0 Å². The molecule has 0 aliphatic rings. The fourth-order valence-electron chi connectivity index (χ4n) is 2.40. The Morgan fingerprint density at radius 3 is 2.42 bits per heavy atom. The van der Waals surface area contributed by atoms with E-state index in [1.54, 1.807) is 56.3 Å². The number of ether oxygens (including phenoxy) is 2. The highest BCUT2D eigenvalue weighted by atomic mass is 35.5. The lowest BCUT2D eigenvalue weighted by atomic mass is 10.1. The molecular weight excluding hydrogens is 439 g/mol. The molecule has 0 saturated carbocycles. The van der Waals surface area contributed by atoms with Gasteiger partial charge in [-0.15, -0.1) is 0 Å². The van der Waals surface area contributed by atoms with Crippen molar-refractivity contribution in [3.63, 3.8) is 0 Å². The first kappa shape index (κ1) is 22.5. The molecule has 0 atom stereocenters. The molecule has 2 aromatic carbocycles. The average Bonchev–Trinajstić information content (AvgIpc) is 2.75. The number of nitrogens with zero attached hydrogens (tertiary/aromatic N) is 2. The summed E-state index contributed by atoms with van der Waals surface area (Å²) in [4.78, 5) is 33.1. The van der Waals surface area contributed by atoms with Gasteiger partial charge in [-0.05, 0) is 42.5 Å². The third kappa shape index (κ3) is 6.13. The number of esters is 2. The van der Waals surface area contributed by atoms with Gasteiger partial charge in [0.2, 0.25) is 0 Å². The van der Waals surface area contributed by atoms with Crippen molar-refractivity contribution in [1.29, 1.82) is 0 Å². The molecule has 0 bridgehead atoms. The van der Waals surface area contributed by atoms with Crippen LogP contribution >= 0.6 is 23.2 Å². The monoisotopic (exact) mass is 456 g/mol. The molecule has 0 unspecified atom stereocenters. The fourth-order valence-corrected chi connectivity index (χ4v) is 2.74. The second kappa shape index (κ2) is 10.2. The first-order chi connectivity index (χ1) is 14.8. The molecule has 3 rings (SSSR count). The van der Waals surface area contributed by atoms with Gasteiger partial charge in [-0.3, -0.25) is 14.8 Å². The molecule has 3 aromatic rings. The van der Waals surface area contributed by atoms with Gasteiger partial charge >= 0.3 is 11.9 Å². The second-order valence-electron chi connectivity index (χ2n) is 6.76. The highest BCUT2D eigenvalue weighted by molar-refractivity contribution is 6.31. The van der Waals surface area contributed by atoms with Crippen LogP contribution in [0.15, 0.2) is 65.9 Å². The SMILES string of the molecule is CC(C)C(=O)Oc1c(C=Nc2ccc(Cl)cc2)cc(Cl)cc1OC(=O)c1cccnc1. The maximum Gasteiger partial charge on any atom is 0.345 e. The van der Waals surface area contributed by atoms with E-state index >= 15 is 0 Å². The second-order valence-corrected chi connectivity index (χ2v) is 7.64. The van der Waals surface area contributed by atoms with Crippen LogP contribution in [0.3, 0.4) is 0 Å². The lowest BCUT2D eigenvalue weighted by Crippen LogP contribution is -2.17. The van der Waals surface area contributed by atoms with Crippen LogP contribution in [0.4, 0.5) is 5.69 Å². The molecule has 0 amide bonds.